The second-order valence-electron chi connectivity index (χ2n) is 6.37. The number of carbonyl (C=O) groups excluding carboxylic acids is 1. The summed E-state index contributed by atoms with van der Waals surface area (Å²) >= 11 is 0. The molecule has 1 aliphatic carbocycles. The van der Waals surface area contributed by atoms with Gasteiger partial charge in [-0.25, -0.2) is 4.39 Å². The smallest absolute Gasteiger partial charge is 0.257 e. The molecule has 21 heavy (non-hydrogen) atoms. The Labute approximate surface area is 125 Å². The fraction of sp³-hybridized carbons (Fsp3) is 0.588. The van der Waals surface area contributed by atoms with E-state index in [1.54, 1.807) is 6.07 Å². The normalized spacial score (nSPS) is 19.5. The molecule has 1 heterocycles. The van der Waals surface area contributed by atoms with E-state index in [1.807, 2.05) is 17.9 Å². The van der Waals surface area contributed by atoms with Gasteiger partial charge in [-0.2, -0.15) is 0 Å². The van der Waals surface area contributed by atoms with Gasteiger partial charge in [-0.1, -0.05) is 6.07 Å². The van der Waals surface area contributed by atoms with Crippen LogP contribution in [0.3, 0.4) is 0 Å². The molecule has 0 aromatic heterocycles. The summed E-state index contributed by atoms with van der Waals surface area (Å²) in [4.78, 5) is 14.6. The van der Waals surface area contributed by atoms with Gasteiger partial charge in [0.1, 0.15) is 5.82 Å². The Bertz CT molecular complexity index is 522. The molecule has 4 heteroatoms. The minimum atomic E-state index is -0.393. The molecule has 1 aromatic rings. The van der Waals surface area contributed by atoms with Crippen LogP contribution in [0.1, 0.15) is 41.6 Å². The zero-order chi connectivity index (χ0) is 14.8. The van der Waals surface area contributed by atoms with Crippen molar-refractivity contribution >= 4 is 5.91 Å². The minimum absolute atomic E-state index is 0.131. The average molecular weight is 290 g/mol. The topological polar surface area (TPSA) is 32.3 Å². The molecule has 3 rings (SSSR count). The third-order valence-electron chi connectivity index (χ3n) is 4.52. The highest BCUT2D eigenvalue weighted by atomic mass is 19.1. The zero-order valence-electron chi connectivity index (χ0n) is 12.6. The van der Waals surface area contributed by atoms with Crippen molar-refractivity contribution < 1.29 is 9.18 Å². The van der Waals surface area contributed by atoms with Gasteiger partial charge in [0.2, 0.25) is 0 Å². The van der Waals surface area contributed by atoms with Crippen LogP contribution in [0.15, 0.2) is 18.2 Å². The number of nitrogens with zero attached hydrogens (tertiary/aromatic N) is 1. The van der Waals surface area contributed by atoms with E-state index >= 15 is 0 Å². The van der Waals surface area contributed by atoms with E-state index in [0.717, 1.165) is 50.9 Å². The highest BCUT2D eigenvalue weighted by Crippen LogP contribution is 2.30. The number of aryl methyl sites for hydroxylation is 1. The van der Waals surface area contributed by atoms with Crippen LogP contribution in [-0.2, 0) is 0 Å². The number of rotatable bonds is 4. The second-order valence-corrected chi connectivity index (χ2v) is 6.37. The lowest BCUT2D eigenvalue weighted by Crippen LogP contribution is -2.40. The fourth-order valence-corrected chi connectivity index (χ4v) is 3.07. The van der Waals surface area contributed by atoms with E-state index in [4.69, 9.17) is 0 Å². The van der Waals surface area contributed by atoms with Crippen molar-refractivity contribution in [2.75, 3.05) is 19.6 Å². The molecule has 1 saturated carbocycles. The van der Waals surface area contributed by atoms with Crippen molar-refractivity contribution in [3.05, 3.63) is 35.1 Å². The number of hydrogen-bond donors (Lipinski definition) is 1. The third kappa shape index (κ3) is 3.43. The maximum Gasteiger partial charge on any atom is 0.257 e. The van der Waals surface area contributed by atoms with Crippen LogP contribution in [0.5, 0.6) is 0 Å². The predicted molar refractivity (Wildman–Crippen MR) is 80.8 cm³/mol. The quantitative estimate of drug-likeness (QED) is 0.925. The van der Waals surface area contributed by atoms with Gasteiger partial charge < -0.3 is 10.2 Å². The molecule has 1 N–H and O–H groups in total. The van der Waals surface area contributed by atoms with Gasteiger partial charge in [-0.3, -0.25) is 4.79 Å². The fourth-order valence-electron chi connectivity index (χ4n) is 3.07. The summed E-state index contributed by atoms with van der Waals surface area (Å²) in [5.74, 6) is 0.0220. The summed E-state index contributed by atoms with van der Waals surface area (Å²) in [6.45, 7) is 4.66. The number of halogens is 1. The Balaban J connectivity index is 1.75. The first kappa shape index (κ1) is 14.5. The van der Waals surface area contributed by atoms with Crippen LogP contribution in [0.2, 0.25) is 0 Å². The first-order valence-corrected chi connectivity index (χ1v) is 7.93. The first-order chi connectivity index (χ1) is 10.1. The second kappa shape index (κ2) is 6.14. The molecule has 3 nitrogen and oxygen atoms in total. The largest absolute Gasteiger partial charge is 0.335 e. The molecule has 1 saturated heterocycles. The molecule has 0 bridgehead atoms. The summed E-state index contributed by atoms with van der Waals surface area (Å²) < 4.78 is 14.1. The standard InChI is InChI=1S/C17H23FN2O/c1-12-2-5-15(16(18)10-12)17(21)20(14-3-4-14)11-13-6-8-19-9-7-13/h2,5,10,13-14,19H,3-4,6-9,11H2,1H3. The summed E-state index contributed by atoms with van der Waals surface area (Å²) in [5, 5.41) is 3.35. The van der Waals surface area contributed by atoms with Crippen molar-refractivity contribution in [3.8, 4) is 0 Å². The molecule has 114 valence electrons. The van der Waals surface area contributed by atoms with Crippen LogP contribution >= 0.6 is 0 Å². The molecular weight excluding hydrogens is 267 g/mol. The predicted octanol–water partition coefficient (Wildman–Crippen LogP) is 2.74. The van der Waals surface area contributed by atoms with Gasteiger partial charge in [0, 0.05) is 12.6 Å². The summed E-state index contributed by atoms with van der Waals surface area (Å²) in [5.41, 5.74) is 1.07. The number of nitrogens with one attached hydrogen (secondary N) is 1. The lowest BCUT2D eigenvalue weighted by Gasteiger charge is -2.30. The van der Waals surface area contributed by atoms with Crippen LogP contribution in [-0.4, -0.2) is 36.5 Å². The van der Waals surface area contributed by atoms with Gasteiger partial charge in [0.15, 0.2) is 0 Å². The number of piperidine rings is 1. The molecule has 2 fully saturated rings. The van der Waals surface area contributed by atoms with Crippen LogP contribution < -0.4 is 5.32 Å². The maximum absolute atomic E-state index is 14.1. The summed E-state index contributed by atoms with van der Waals surface area (Å²) in [7, 11) is 0. The Morgan fingerprint density at radius 2 is 2.00 bits per heavy atom. The van der Waals surface area contributed by atoms with E-state index in [0.29, 0.717) is 12.0 Å². The summed E-state index contributed by atoms with van der Waals surface area (Å²) in [6, 6.07) is 5.22. The molecular formula is C17H23FN2O. The SMILES string of the molecule is Cc1ccc(C(=O)N(CC2CCNCC2)C2CC2)c(F)c1. The van der Waals surface area contributed by atoms with Crippen molar-refractivity contribution in [3.63, 3.8) is 0 Å². The van der Waals surface area contributed by atoms with Crippen molar-refractivity contribution in [1.82, 2.24) is 10.2 Å². The highest BCUT2D eigenvalue weighted by molar-refractivity contribution is 5.95. The summed E-state index contributed by atoms with van der Waals surface area (Å²) in [6.07, 6.45) is 4.33. The van der Waals surface area contributed by atoms with E-state index in [2.05, 4.69) is 5.32 Å². The molecule has 1 aromatic carbocycles. The Morgan fingerprint density at radius 1 is 1.29 bits per heavy atom. The third-order valence-corrected chi connectivity index (χ3v) is 4.52. The Kier molecular flexibility index (Phi) is 4.24. The highest BCUT2D eigenvalue weighted by Gasteiger charge is 2.35. The van der Waals surface area contributed by atoms with Crippen LogP contribution in [0.4, 0.5) is 4.39 Å². The van der Waals surface area contributed by atoms with Gasteiger partial charge in [0.25, 0.3) is 5.91 Å². The Hall–Kier alpha value is -1.42. The van der Waals surface area contributed by atoms with Gasteiger partial charge in [-0.05, 0) is 69.3 Å². The molecule has 0 atom stereocenters. The van der Waals surface area contributed by atoms with E-state index in [-0.39, 0.29) is 11.5 Å². The van der Waals surface area contributed by atoms with E-state index in [1.165, 1.54) is 6.07 Å². The molecule has 2 aliphatic rings. The maximum atomic E-state index is 14.1. The van der Waals surface area contributed by atoms with Crippen LogP contribution in [0, 0.1) is 18.7 Å². The molecule has 0 radical (unpaired) electrons. The molecule has 0 spiro atoms. The number of amides is 1. The number of carbonyl (C=O) groups is 1. The number of benzene rings is 1. The molecule has 0 unspecified atom stereocenters. The lowest BCUT2D eigenvalue weighted by atomic mass is 9.97. The number of hydrogen-bond acceptors (Lipinski definition) is 2. The van der Waals surface area contributed by atoms with Gasteiger partial charge in [-0.15, -0.1) is 0 Å². The molecule has 1 aliphatic heterocycles. The van der Waals surface area contributed by atoms with Crippen LogP contribution in [0.25, 0.3) is 0 Å². The van der Waals surface area contributed by atoms with Crippen molar-refractivity contribution in [2.45, 2.75) is 38.6 Å². The van der Waals surface area contributed by atoms with Crippen molar-refractivity contribution in [1.29, 1.82) is 0 Å². The first-order valence-electron chi connectivity index (χ1n) is 7.93. The zero-order valence-corrected chi connectivity index (χ0v) is 12.6. The van der Waals surface area contributed by atoms with E-state index in [9.17, 15) is 9.18 Å². The monoisotopic (exact) mass is 290 g/mol. The minimum Gasteiger partial charge on any atom is -0.335 e. The van der Waals surface area contributed by atoms with E-state index < -0.39 is 5.82 Å². The van der Waals surface area contributed by atoms with Gasteiger partial charge in [0.05, 0.1) is 5.56 Å². The Morgan fingerprint density at radius 3 is 2.62 bits per heavy atom. The lowest BCUT2D eigenvalue weighted by molar-refractivity contribution is 0.0697. The van der Waals surface area contributed by atoms with Crippen molar-refractivity contribution in [2.24, 2.45) is 5.92 Å². The molecule has 1 amide bonds. The average Bonchev–Trinajstić information content (AvgIpc) is 3.30. The van der Waals surface area contributed by atoms with Gasteiger partial charge >= 0.3 is 0 Å².